The fourth-order valence-corrected chi connectivity index (χ4v) is 2.86. The maximum Gasteiger partial charge on any atom is 0.196 e. The van der Waals surface area contributed by atoms with E-state index >= 15 is 0 Å². The van der Waals surface area contributed by atoms with Crippen molar-refractivity contribution in [1.82, 2.24) is 9.97 Å². The van der Waals surface area contributed by atoms with Gasteiger partial charge < -0.3 is 4.98 Å². The summed E-state index contributed by atoms with van der Waals surface area (Å²) in [5, 5.41) is 1.18. The maximum absolute atomic E-state index is 12.7. The number of aromatic amines is 1. The van der Waals surface area contributed by atoms with E-state index in [-0.39, 0.29) is 5.78 Å². The summed E-state index contributed by atoms with van der Waals surface area (Å²) in [5.41, 5.74) is 2.78. The highest BCUT2D eigenvalue weighted by Gasteiger charge is 2.19. The zero-order valence-electron chi connectivity index (χ0n) is 10.6. The number of fused-ring (bicyclic) bond motifs is 1. The molecule has 100 valence electrons. The number of rotatable bonds is 2. The number of hydrogen-bond donors (Lipinski definition) is 1. The van der Waals surface area contributed by atoms with Crippen LogP contribution in [0.4, 0.5) is 0 Å². The number of pyridine rings is 1. The Bertz CT molecular complexity index is 826. The first kappa shape index (κ1) is 13.3. The molecule has 0 aliphatic heterocycles. The first-order valence-electron chi connectivity index (χ1n) is 6.01. The van der Waals surface area contributed by atoms with Crippen LogP contribution in [0.5, 0.6) is 0 Å². The maximum atomic E-state index is 12.7. The highest BCUT2D eigenvalue weighted by molar-refractivity contribution is 9.10. The van der Waals surface area contributed by atoms with Gasteiger partial charge in [0.1, 0.15) is 5.65 Å². The third-order valence-electron chi connectivity index (χ3n) is 3.20. The zero-order chi connectivity index (χ0) is 14.3. The van der Waals surface area contributed by atoms with E-state index in [2.05, 4.69) is 25.9 Å². The molecule has 1 aromatic carbocycles. The Morgan fingerprint density at radius 2 is 2.10 bits per heavy atom. The zero-order valence-corrected chi connectivity index (χ0v) is 12.9. The highest BCUT2D eigenvalue weighted by Crippen LogP contribution is 2.29. The van der Waals surface area contributed by atoms with Crippen LogP contribution < -0.4 is 0 Å². The van der Waals surface area contributed by atoms with Crippen LogP contribution in [-0.4, -0.2) is 15.8 Å². The Labute approximate surface area is 129 Å². The third-order valence-corrected chi connectivity index (χ3v) is 4.57. The summed E-state index contributed by atoms with van der Waals surface area (Å²) in [6.07, 6.45) is 3.26. The van der Waals surface area contributed by atoms with Crippen LogP contribution in [0.3, 0.4) is 0 Å². The fraction of sp³-hybridized carbons (Fsp3) is 0.0667. The lowest BCUT2D eigenvalue weighted by Crippen LogP contribution is -2.02. The summed E-state index contributed by atoms with van der Waals surface area (Å²) in [6, 6.07) is 7.29. The van der Waals surface area contributed by atoms with E-state index in [9.17, 15) is 4.79 Å². The van der Waals surface area contributed by atoms with Crippen molar-refractivity contribution >= 4 is 44.3 Å². The van der Waals surface area contributed by atoms with Crippen LogP contribution in [0.1, 0.15) is 21.5 Å². The van der Waals surface area contributed by atoms with Gasteiger partial charge >= 0.3 is 0 Å². The molecule has 3 aromatic rings. The average Bonchev–Trinajstić information content (AvgIpc) is 2.86. The molecule has 0 amide bonds. The first-order valence-corrected chi connectivity index (χ1v) is 7.18. The minimum atomic E-state index is -0.0817. The van der Waals surface area contributed by atoms with Crippen molar-refractivity contribution in [3.8, 4) is 0 Å². The molecular weight excluding hydrogens is 340 g/mol. The molecular formula is C15H10BrClN2O. The lowest BCUT2D eigenvalue weighted by Gasteiger charge is -2.05. The molecule has 0 saturated heterocycles. The lowest BCUT2D eigenvalue weighted by atomic mass is 10.0. The summed E-state index contributed by atoms with van der Waals surface area (Å²) in [4.78, 5) is 19.9. The molecule has 0 aliphatic rings. The van der Waals surface area contributed by atoms with Gasteiger partial charge in [0, 0.05) is 27.8 Å². The number of carbonyl (C=O) groups is 1. The second-order valence-corrected chi connectivity index (χ2v) is 5.68. The lowest BCUT2D eigenvalue weighted by molar-refractivity contribution is 0.103. The van der Waals surface area contributed by atoms with Crippen molar-refractivity contribution in [2.75, 3.05) is 0 Å². The number of hydrogen-bond acceptors (Lipinski definition) is 2. The predicted molar refractivity (Wildman–Crippen MR) is 83.4 cm³/mol. The van der Waals surface area contributed by atoms with Crippen LogP contribution in [0, 0.1) is 6.92 Å². The molecule has 0 unspecified atom stereocenters. The van der Waals surface area contributed by atoms with Gasteiger partial charge in [0.2, 0.25) is 0 Å². The molecule has 3 nitrogen and oxygen atoms in total. The van der Waals surface area contributed by atoms with Gasteiger partial charge in [0.05, 0.1) is 10.6 Å². The molecule has 2 aromatic heterocycles. The number of benzene rings is 1. The normalized spacial score (nSPS) is 10.9. The molecule has 5 heteroatoms. The van der Waals surface area contributed by atoms with E-state index in [0.717, 1.165) is 10.0 Å². The number of aromatic nitrogens is 2. The van der Waals surface area contributed by atoms with Gasteiger partial charge in [0.25, 0.3) is 0 Å². The highest BCUT2D eigenvalue weighted by atomic mass is 79.9. The molecule has 0 atom stereocenters. The van der Waals surface area contributed by atoms with Gasteiger partial charge in [-0.3, -0.25) is 4.79 Å². The van der Waals surface area contributed by atoms with Gasteiger partial charge in [-0.25, -0.2) is 4.98 Å². The van der Waals surface area contributed by atoms with E-state index in [1.807, 2.05) is 19.1 Å². The number of halogens is 2. The summed E-state index contributed by atoms with van der Waals surface area (Å²) < 4.78 is 0.805. The molecule has 20 heavy (non-hydrogen) atoms. The third kappa shape index (κ3) is 2.05. The van der Waals surface area contributed by atoms with Crippen molar-refractivity contribution in [2.24, 2.45) is 0 Å². The largest absolute Gasteiger partial charge is 0.345 e. The number of ketones is 1. The van der Waals surface area contributed by atoms with Crippen molar-refractivity contribution in [3.63, 3.8) is 0 Å². The molecule has 3 rings (SSSR count). The van der Waals surface area contributed by atoms with Crippen LogP contribution in [-0.2, 0) is 0 Å². The topological polar surface area (TPSA) is 45.8 Å². The van der Waals surface area contributed by atoms with E-state index in [0.29, 0.717) is 27.2 Å². The minimum Gasteiger partial charge on any atom is -0.345 e. The summed E-state index contributed by atoms with van der Waals surface area (Å²) in [5.74, 6) is -0.0817. The number of nitrogens with zero attached hydrogens (tertiary/aromatic N) is 1. The fourth-order valence-electron chi connectivity index (χ4n) is 2.16. The average molecular weight is 350 g/mol. The molecule has 2 heterocycles. The summed E-state index contributed by atoms with van der Waals surface area (Å²) in [6.45, 7) is 1.95. The standard InChI is InChI=1S/C15H10BrClN2O/c1-8-3-2-4-9(13(8)16)14(20)10-7-19-15-12(10)11(17)5-6-18-15/h2-7H,1H3,(H,18,19). The smallest absolute Gasteiger partial charge is 0.196 e. The van der Waals surface area contributed by atoms with Crippen molar-refractivity contribution in [1.29, 1.82) is 0 Å². The number of carbonyl (C=O) groups excluding carboxylic acids is 1. The Balaban J connectivity index is 2.21. The SMILES string of the molecule is Cc1cccc(C(=O)c2c[nH]c3nccc(Cl)c23)c1Br. The molecule has 0 radical (unpaired) electrons. The molecule has 0 fully saturated rings. The molecule has 0 spiro atoms. The van der Waals surface area contributed by atoms with E-state index in [1.165, 1.54) is 0 Å². The van der Waals surface area contributed by atoms with Gasteiger partial charge in [-0.05, 0) is 40.5 Å². The van der Waals surface area contributed by atoms with Crippen molar-refractivity contribution in [3.05, 3.63) is 62.8 Å². The van der Waals surface area contributed by atoms with Crippen LogP contribution >= 0.6 is 27.5 Å². The van der Waals surface area contributed by atoms with Crippen molar-refractivity contribution < 1.29 is 4.79 Å². The summed E-state index contributed by atoms with van der Waals surface area (Å²) >= 11 is 9.65. The Kier molecular flexibility index (Phi) is 3.36. The van der Waals surface area contributed by atoms with Gasteiger partial charge in [-0.2, -0.15) is 0 Å². The number of aryl methyl sites for hydroxylation is 1. The van der Waals surface area contributed by atoms with E-state index in [1.54, 1.807) is 24.5 Å². The molecule has 0 bridgehead atoms. The second kappa shape index (κ2) is 5.04. The summed E-state index contributed by atoms with van der Waals surface area (Å²) in [7, 11) is 0. The molecule has 1 N–H and O–H groups in total. The number of nitrogens with one attached hydrogen (secondary N) is 1. The number of H-pyrrole nitrogens is 1. The van der Waals surface area contributed by atoms with Crippen LogP contribution in [0.2, 0.25) is 5.02 Å². The Hall–Kier alpha value is -1.65. The Morgan fingerprint density at radius 3 is 2.90 bits per heavy atom. The molecule has 0 aliphatic carbocycles. The predicted octanol–water partition coefficient (Wildman–Crippen LogP) is 4.52. The van der Waals surface area contributed by atoms with Crippen LogP contribution in [0.15, 0.2) is 41.1 Å². The van der Waals surface area contributed by atoms with E-state index < -0.39 is 0 Å². The minimum absolute atomic E-state index is 0.0817. The van der Waals surface area contributed by atoms with Crippen LogP contribution in [0.25, 0.3) is 11.0 Å². The van der Waals surface area contributed by atoms with Gasteiger partial charge in [-0.1, -0.05) is 23.7 Å². The second-order valence-electron chi connectivity index (χ2n) is 4.48. The molecule has 0 saturated carbocycles. The quantitative estimate of drug-likeness (QED) is 0.691. The monoisotopic (exact) mass is 348 g/mol. The Morgan fingerprint density at radius 1 is 1.30 bits per heavy atom. The van der Waals surface area contributed by atoms with E-state index in [4.69, 9.17) is 11.6 Å². The first-order chi connectivity index (χ1) is 9.59. The van der Waals surface area contributed by atoms with Gasteiger partial charge in [-0.15, -0.1) is 0 Å². The van der Waals surface area contributed by atoms with Crippen molar-refractivity contribution in [2.45, 2.75) is 6.92 Å². The van der Waals surface area contributed by atoms with Gasteiger partial charge in [0.15, 0.2) is 5.78 Å².